The van der Waals surface area contributed by atoms with E-state index in [1.165, 1.54) is 0 Å². The summed E-state index contributed by atoms with van der Waals surface area (Å²) in [7, 11) is 0. The number of nitrogens with two attached hydrogens (primary N) is 1. The van der Waals surface area contributed by atoms with Gasteiger partial charge in [0.05, 0.1) is 0 Å². The topological polar surface area (TPSA) is 76.7 Å². The minimum absolute atomic E-state index is 0.263. The first-order chi connectivity index (χ1) is 7.56. The number of nitrogen functional groups attached to an aromatic ring is 1. The summed E-state index contributed by atoms with van der Waals surface area (Å²) in [6, 6.07) is 1.95. The molecule has 0 fully saturated rings. The molecule has 0 aliphatic carbocycles. The van der Waals surface area contributed by atoms with Gasteiger partial charge in [0.1, 0.15) is 10.7 Å². The van der Waals surface area contributed by atoms with Crippen molar-refractivity contribution in [2.45, 2.75) is 19.9 Å². The molecular weight excluding hydrogens is 226 g/mol. The number of hydrogen-bond acceptors (Lipinski definition) is 5. The third kappa shape index (κ3) is 2.14. The molecule has 2 aromatic rings. The van der Waals surface area contributed by atoms with Crippen LogP contribution in [-0.4, -0.2) is 21.0 Å². The Morgan fingerprint density at radius 1 is 1.38 bits per heavy atom. The molecule has 0 saturated carbocycles. The molecule has 0 aliphatic rings. The van der Waals surface area contributed by atoms with Crippen LogP contribution < -0.4 is 11.1 Å². The van der Waals surface area contributed by atoms with Crippen LogP contribution in [0.2, 0.25) is 5.15 Å². The van der Waals surface area contributed by atoms with Crippen LogP contribution >= 0.6 is 11.6 Å². The van der Waals surface area contributed by atoms with Gasteiger partial charge in [0, 0.05) is 17.6 Å². The predicted octanol–water partition coefficient (Wildman–Crippen LogP) is 2.08. The van der Waals surface area contributed by atoms with Crippen LogP contribution in [-0.2, 0) is 0 Å². The molecule has 6 heteroatoms. The van der Waals surface area contributed by atoms with Crippen LogP contribution in [0.4, 0.5) is 11.8 Å². The Bertz CT molecular complexity index is 526. The fraction of sp³-hybridized carbons (Fsp3) is 0.300. The zero-order chi connectivity index (χ0) is 11.7. The average molecular weight is 238 g/mol. The first-order valence-corrected chi connectivity index (χ1v) is 5.29. The molecule has 16 heavy (non-hydrogen) atoms. The third-order valence-corrected chi connectivity index (χ3v) is 2.17. The van der Waals surface area contributed by atoms with E-state index < -0.39 is 0 Å². The second-order valence-corrected chi connectivity index (χ2v) is 4.15. The molecule has 0 spiro atoms. The Morgan fingerprint density at radius 3 is 2.81 bits per heavy atom. The maximum atomic E-state index is 5.79. The van der Waals surface area contributed by atoms with Gasteiger partial charge >= 0.3 is 0 Å². The Balaban J connectivity index is 2.53. The highest BCUT2D eigenvalue weighted by Gasteiger charge is 2.06. The van der Waals surface area contributed by atoms with Crippen LogP contribution in [0.3, 0.4) is 0 Å². The average Bonchev–Trinajstić information content (AvgIpc) is 2.18. The number of nitrogens with one attached hydrogen (secondary N) is 1. The largest absolute Gasteiger partial charge is 0.382 e. The normalized spacial score (nSPS) is 11.0. The molecule has 0 saturated heterocycles. The van der Waals surface area contributed by atoms with Crippen LogP contribution in [0.5, 0.6) is 0 Å². The first-order valence-electron chi connectivity index (χ1n) is 4.91. The first kappa shape index (κ1) is 10.9. The second-order valence-electron chi connectivity index (χ2n) is 3.76. The van der Waals surface area contributed by atoms with E-state index in [0.717, 1.165) is 5.39 Å². The lowest BCUT2D eigenvalue weighted by molar-refractivity contribution is 0.878. The lowest BCUT2D eigenvalue weighted by Crippen LogP contribution is -2.12. The summed E-state index contributed by atoms with van der Waals surface area (Å²) in [6.07, 6.45) is 1.68. The molecule has 0 aromatic carbocycles. The summed E-state index contributed by atoms with van der Waals surface area (Å²) in [5.74, 6) is 0.857. The molecule has 84 valence electrons. The Kier molecular flexibility index (Phi) is 2.78. The van der Waals surface area contributed by atoms with Crippen molar-refractivity contribution in [2.75, 3.05) is 11.1 Å². The van der Waals surface area contributed by atoms with Crippen molar-refractivity contribution in [2.24, 2.45) is 0 Å². The zero-order valence-corrected chi connectivity index (χ0v) is 9.78. The number of fused-ring (bicyclic) bond motifs is 1. The van der Waals surface area contributed by atoms with Gasteiger partial charge in [-0.1, -0.05) is 11.6 Å². The van der Waals surface area contributed by atoms with Gasteiger partial charge in [0.15, 0.2) is 5.82 Å². The van der Waals surface area contributed by atoms with Crippen molar-refractivity contribution < 1.29 is 0 Å². The van der Waals surface area contributed by atoms with Gasteiger partial charge < -0.3 is 11.1 Å². The highest BCUT2D eigenvalue weighted by Crippen LogP contribution is 2.21. The van der Waals surface area contributed by atoms with Crippen molar-refractivity contribution >= 4 is 34.3 Å². The standard InChI is InChI=1S/C10H12ClN5/c1-5(2)14-10-13-4-6-3-7(11)15-9(12)8(6)16-10/h3-5H,1-2H3,(H2,12,15)(H,13,14,16). The minimum atomic E-state index is 0.263. The summed E-state index contributed by atoms with van der Waals surface area (Å²) >= 11 is 5.79. The summed E-state index contributed by atoms with van der Waals surface area (Å²) in [5, 5.41) is 4.23. The van der Waals surface area contributed by atoms with E-state index in [1.807, 2.05) is 13.8 Å². The third-order valence-electron chi connectivity index (χ3n) is 1.98. The van der Waals surface area contributed by atoms with Crippen LogP contribution in [0.25, 0.3) is 10.9 Å². The summed E-state index contributed by atoms with van der Waals surface area (Å²) < 4.78 is 0. The number of hydrogen-bond donors (Lipinski definition) is 2. The molecule has 0 bridgehead atoms. The fourth-order valence-corrected chi connectivity index (χ4v) is 1.57. The van der Waals surface area contributed by atoms with Crippen molar-refractivity contribution in [3.8, 4) is 0 Å². The Labute approximate surface area is 98.1 Å². The molecule has 0 unspecified atom stereocenters. The summed E-state index contributed by atoms with van der Waals surface area (Å²) in [4.78, 5) is 12.4. The predicted molar refractivity (Wildman–Crippen MR) is 65.5 cm³/mol. The molecular formula is C10H12ClN5. The lowest BCUT2D eigenvalue weighted by Gasteiger charge is -2.09. The van der Waals surface area contributed by atoms with Crippen LogP contribution in [0.15, 0.2) is 12.3 Å². The van der Waals surface area contributed by atoms with Crippen molar-refractivity contribution in [3.05, 3.63) is 17.4 Å². The monoisotopic (exact) mass is 237 g/mol. The van der Waals surface area contributed by atoms with Gasteiger partial charge in [-0.3, -0.25) is 0 Å². The Hall–Kier alpha value is -1.62. The van der Waals surface area contributed by atoms with Gasteiger partial charge in [-0.15, -0.1) is 0 Å². The molecule has 2 heterocycles. The van der Waals surface area contributed by atoms with E-state index in [4.69, 9.17) is 17.3 Å². The van der Waals surface area contributed by atoms with Crippen LogP contribution in [0, 0.1) is 0 Å². The number of pyridine rings is 1. The molecule has 0 atom stereocenters. The molecule has 5 nitrogen and oxygen atoms in total. The van der Waals surface area contributed by atoms with E-state index >= 15 is 0 Å². The summed E-state index contributed by atoms with van der Waals surface area (Å²) in [5.41, 5.74) is 6.36. The highest BCUT2D eigenvalue weighted by molar-refractivity contribution is 6.30. The number of aromatic nitrogens is 3. The van der Waals surface area contributed by atoms with E-state index in [-0.39, 0.29) is 6.04 Å². The maximum Gasteiger partial charge on any atom is 0.223 e. The molecule has 0 amide bonds. The molecule has 0 radical (unpaired) electrons. The van der Waals surface area contributed by atoms with Gasteiger partial charge in [0.25, 0.3) is 0 Å². The summed E-state index contributed by atoms with van der Waals surface area (Å²) in [6.45, 7) is 4.02. The quantitative estimate of drug-likeness (QED) is 0.782. The number of nitrogens with zero attached hydrogens (tertiary/aromatic N) is 3. The fourth-order valence-electron chi connectivity index (χ4n) is 1.36. The van der Waals surface area contributed by atoms with E-state index in [2.05, 4.69) is 20.3 Å². The van der Waals surface area contributed by atoms with Crippen molar-refractivity contribution in [3.63, 3.8) is 0 Å². The molecule has 2 rings (SSSR count). The number of rotatable bonds is 2. The smallest absolute Gasteiger partial charge is 0.223 e. The molecule has 0 aliphatic heterocycles. The zero-order valence-electron chi connectivity index (χ0n) is 9.03. The minimum Gasteiger partial charge on any atom is -0.382 e. The van der Waals surface area contributed by atoms with Crippen LogP contribution in [0.1, 0.15) is 13.8 Å². The molecule has 2 aromatic heterocycles. The van der Waals surface area contributed by atoms with Gasteiger partial charge in [0.2, 0.25) is 5.95 Å². The number of halogens is 1. The second kappa shape index (κ2) is 4.09. The highest BCUT2D eigenvalue weighted by atomic mass is 35.5. The van der Waals surface area contributed by atoms with Gasteiger partial charge in [-0.05, 0) is 19.9 Å². The van der Waals surface area contributed by atoms with Gasteiger partial charge in [-0.25, -0.2) is 15.0 Å². The van der Waals surface area contributed by atoms with Crippen molar-refractivity contribution in [1.82, 2.24) is 15.0 Å². The lowest BCUT2D eigenvalue weighted by atomic mass is 10.3. The van der Waals surface area contributed by atoms with E-state index in [1.54, 1.807) is 12.3 Å². The van der Waals surface area contributed by atoms with E-state index in [0.29, 0.717) is 22.4 Å². The number of anilines is 2. The van der Waals surface area contributed by atoms with E-state index in [9.17, 15) is 0 Å². The SMILES string of the molecule is CC(C)Nc1ncc2cc(Cl)nc(N)c2n1. The van der Waals surface area contributed by atoms with Gasteiger partial charge in [-0.2, -0.15) is 0 Å². The Morgan fingerprint density at radius 2 is 2.12 bits per heavy atom. The van der Waals surface area contributed by atoms with Crippen molar-refractivity contribution in [1.29, 1.82) is 0 Å². The maximum absolute atomic E-state index is 5.79. The molecule has 3 N–H and O–H groups in total.